The zero-order valence-corrected chi connectivity index (χ0v) is 39.4. The molecule has 0 saturated carbocycles. The first-order valence-corrected chi connectivity index (χ1v) is 24.3. The Bertz CT molecular complexity index is 3440. The summed E-state index contributed by atoms with van der Waals surface area (Å²) in [6.45, 7) is 14.7. The number of anilines is 3. The van der Waals surface area contributed by atoms with E-state index < -0.39 is 5.41 Å². The van der Waals surface area contributed by atoms with E-state index in [0.717, 1.165) is 24.2 Å². The molecule has 0 saturated heterocycles. The summed E-state index contributed by atoms with van der Waals surface area (Å²) in [6, 6.07) is 76.5. The molecule has 13 rings (SSSR count). The van der Waals surface area contributed by atoms with E-state index in [0.29, 0.717) is 0 Å². The largest absolute Gasteiger partial charge is 0.310 e. The van der Waals surface area contributed by atoms with E-state index in [1.807, 2.05) is 0 Å². The Labute approximate surface area is 396 Å². The van der Waals surface area contributed by atoms with Gasteiger partial charge in [0.1, 0.15) is 0 Å². The van der Waals surface area contributed by atoms with Crippen molar-refractivity contribution in [2.45, 2.75) is 76.0 Å². The normalized spacial score (nSPS) is 16.6. The molecule has 0 radical (unpaired) electrons. The molecule has 67 heavy (non-hydrogen) atoms. The minimum Gasteiger partial charge on any atom is -0.310 e. The van der Waals surface area contributed by atoms with E-state index >= 15 is 0 Å². The zero-order valence-electron chi connectivity index (χ0n) is 39.4. The maximum Gasteiger partial charge on any atom is 0.0726 e. The van der Waals surface area contributed by atoms with Gasteiger partial charge in [-0.3, -0.25) is 0 Å². The molecule has 0 aliphatic heterocycles. The molecule has 0 N–H and O–H groups in total. The lowest BCUT2D eigenvalue weighted by atomic mass is 9.61. The summed E-state index contributed by atoms with van der Waals surface area (Å²) in [5.74, 6) is 0. The van der Waals surface area contributed by atoms with E-state index in [9.17, 15) is 0 Å². The first kappa shape index (κ1) is 40.1. The molecule has 0 unspecified atom stereocenters. The van der Waals surface area contributed by atoms with E-state index in [-0.39, 0.29) is 16.2 Å². The third-order valence-electron chi connectivity index (χ3n) is 16.5. The topological polar surface area (TPSA) is 3.24 Å². The lowest BCUT2D eigenvalue weighted by Gasteiger charge is -2.43. The second-order valence-electron chi connectivity index (χ2n) is 21.4. The van der Waals surface area contributed by atoms with Gasteiger partial charge in [-0.2, -0.15) is 0 Å². The monoisotopic (exact) mass is 861 g/mol. The fourth-order valence-electron chi connectivity index (χ4n) is 13.2. The molecule has 0 fully saturated rings. The Morgan fingerprint density at radius 1 is 0.313 bits per heavy atom. The fourth-order valence-corrected chi connectivity index (χ4v) is 13.2. The standard InChI is InChI=1S/C66H55N/c1-63(2)37-38-64(3,4)62-51(25-18-30-58(62)63)53-40-52-49-24-13-17-29-57(49)66(55-27-15-11-22-47(55)48-23-12-16-28-56(48)66)60(52)41-61(53)67(44-33-31-43(32-34-44)42-19-8-7-9-20-42)45-35-36-50-46-21-10-14-26-54(46)65(5,6)59(50)39-45/h7-36,39-41H,37-38H2,1-6H3. The van der Waals surface area contributed by atoms with Crippen LogP contribution in [0.4, 0.5) is 17.1 Å². The summed E-state index contributed by atoms with van der Waals surface area (Å²) in [5, 5.41) is 0. The Kier molecular flexibility index (Phi) is 8.46. The number of rotatable bonds is 5. The van der Waals surface area contributed by atoms with Crippen LogP contribution in [0.1, 0.15) is 98.9 Å². The molecule has 1 spiro atoms. The third kappa shape index (κ3) is 5.55. The average Bonchev–Trinajstić information content (AvgIpc) is 3.91. The maximum absolute atomic E-state index is 2.63. The molecule has 4 aliphatic carbocycles. The summed E-state index contributed by atoms with van der Waals surface area (Å²) >= 11 is 0. The number of fused-ring (bicyclic) bond motifs is 14. The van der Waals surface area contributed by atoms with Crippen LogP contribution < -0.4 is 4.90 Å². The van der Waals surface area contributed by atoms with Crippen molar-refractivity contribution in [3.8, 4) is 55.6 Å². The molecule has 0 aromatic heterocycles. The van der Waals surface area contributed by atoms with Gasteiger partial charge < -0.3 is 4.90 Å². The van der Waals surface area contributed by atoms with E-state index in [1.165, 1.54) is 106 Å². The highest BCUT2D eigenvalue weighted by molar-refractivity contribution is 6.01. The highest BCUT2D eigenvalue weighted by atomic mass is 15.1. The molecule has 0 heterocycles. The van der Waals surface area contributed by atoms with Crippen LogP contribution in [0.2, 0.25) is 0 Å². The van der Waals surface area contributed by atoms with Crippen LogP contribution in [0.3, 0.4) is 0 Å². The summed E-state index contributed by atoms with van der Waals surface area (Å²) in [6.07, 6.45) is 2.30. The summed E-state index contributed by atoms with van der Waals surface area (Å²) in [5.41, 5.74) is 27.0. The molecular weight excluding hydrogens is 807 g/mol. The predicted molar refractivity (Wildman–Crippen MR) is 281 cm³/mol. The van der Waals surface area contributed by atoms with Gasteiger partial charge in [-0.05, 0) is 155 Å². The second kappa shape index (κ2) is 14.1. The molecule has 1 nitrogen and oxygen atoms in total. The number of nitrogens with zero attached hydrogens (tertiary/aromatic N) is 1. The van der Waals surface area contributed by atoms with Crippen LogP contribution in [0, 0.1) is 0 Å². The van der Waals surface area contributed by atoms with Gasteiger partial charge in [-0.1, -0.05) is 205 Å². The zero-order chi connectivity index (χ0) is 45.5. The van der Waals surface area contributed by atoms with Crippen molar-refractivity contribution in [1.82, 2.24) is 0 Å². The Morgan fingerprint density at radius 2 is 0.791 bits per heavy atom. The van der Waals surface area contributed by atoms with E-state index in [4.69, 9.17) is 0 Å². The molecule has 9 aromatic rings. The van der Waals surface area contributed by atoms with Crippen molar-refractivity contribution >= 4 is 17.1 Å². The maximum atomic E-state index is 2.63. The number of benzene rings is 9. The van der Waals surface area contributed by atoms with Gasteiger partial charge in [-0.15, -0.1) is 0 Å². The van der Waals surface area contributed by atoms with Crippen LogP contribution in [-0.2, 0) is 21.7 Å². The Morgan fingerprint density at radius 3 is 1.43 bits per heavy atom. The molecule has 1 heteroatoms. The average molecular weight is 862 g/mol. The first-order chi connectivity index (χ1) is 32.5. The van der Waals surface area contributed by atoms with Crippen LogP contribution in [0.15, 0.2) is 200 Å². The van der Waals surface area contributed by atoms with Gasteiger partial charge in [0.2, 0.25) is 0 Å². The van der Waals surface area contributed by atoms with Crippen molar-refractivity contribution in [3.63, 3.8) is 0 Å². The molecule has 0 atom stereocenters. The van der Waals surface area contributed by atoms with Crippen molar-refractivity contribution in [2.24, 2.45) is 0 Å². The van der Waals surface area contributed by atoms with Gasteiger partial charge in [-0.25, -0.2) is 0 Å². The smallest absolute Gasteiger partial charge is 0.0726 e. The van der Waals surface area contributed by atoms with Crippen LogP contribution in [-0.4, -0.2) is 0 Å². The molecular formula is C66H55N. The van der Waals surface area contributed by atoms with Gasteiger partial charge in [0.15, 0.2) is 0 Å². The molecule has 0 bridgehead atoms. The summed E-state index contributed by atoms with van der Waals surface area (Å²) in [7, 11) is 0. The SMILES string of the molecule is CC1(C)CCC(C)(C)c2c(-c3cc4c(cc3N(c3ccc(-c5ccccc5)cc3)c3ccc5c(c3)C(C)(C)c3ccccc3-5)C3(c5ccccc5-c5ccccc53)c3ccccc3-4)cccc21. The lowest BCUT2D eigenvalue weighted by Crippen LogP contribution is -2.34. The van der Waals surface area contributed by atoms with Crippen molar-refractivity contribution in [1.29, 1.82) is 0 Å². The molecule has 9 aromatic carbocycles. The number of hydrogen-bond acceptors (Lipinski definition) is 1. The van der Waals surface area contributed by atoms with Crippen molar-refractivity contribution < 1.29 is 0 Å². The van der Waals surface area contributed by atoms with E-state index in [2.05, 4.69) is 247 Å². The van der Waals surface area contributed by atoms with Gasteiger partial charge in [0.05, 0.1) is 11.1 Å². The first-order valence-electron chi connectivity index (χ1n) is 24.3. The number of hydrogen-bond donors (Lipinski definition) is 0. The van der Waals surface area contributed by atoms with Gasteiger partial charge in [0.25, 0.3) is 0 Å². The fraction of sp³-hybridized carbons (Fsp3) is 0.182. The predicted octanol–water partition coefficient (Wildman–Crippen LogP) is 17.5. The molecule has 4 aliphatic rings. The molecule has 324 valence electrons. The van der Waals surface area contributed by atoms with Crippen molar-refractivity contribution in [2.75, 3.05) is 4.90 Å². The lowest BCUT2D eigenvalue weighted by molar-refractivity contribution is 0.333. The van der Waals surface area contributed by atoms with Gasteiger partial charge >= 0.3 is 0 Å². The van der Waals surface area contributed by atoms with Crippen LogP contribution >= 0.6 is 0 Å². The quantitative estimate of drug-likeness (QED) is 0.167. The minimum atomic E-state index is -0.492. The summed E-state index contributed by atoms with van der Waals surface area (Å²) in [4.78, 5) is 2.60. The Hall–Kier alpha value is -7.22. The minimum absolute atomic E-state index is 0.0221. The van der Waals surface area contributed by atoms with Crippen LogP contribution in [0.5, 0.6) is 0 Å². The van der Waals surface area contributed by atoms with E-state index in [1.54, 1.807) is 0 Å². The molecule has 0 amide bonds. The van der Waals surface area contributed by atoms with Crippen LogP contribution in [0.25, 0.3) is 55.6 Å². The Balaban J connectivity index is 1.16. The summed E-state index contributed by atoms with van der Waals surface area (Å²) < 4.78 is 0. The van der Waals surface area contributed by atoms with Gasteiger partial charge in [0, 0.05) is 22.4 Å². The highest BCUT2D eigenvalue weighted by Crippen LogP contribution is 2.65. The third-order valence-corrected chi connectivity index (χ3v) is 16.5. The second-order valence-corrected chi connectivity index (χ2v) is 21.4. The van der Waals surface area contributed by atoms with Crippen molar-refractivity contribution in [3.05, 3.63) is 245 Å². The highest BCUT2D eigenvalue weighted by Gasteiger charge is 2.52.